The number of para-hydroxylation sites is 1. The van der Waals surface area contributed by atoms with Gasteiger partial charge in [-0.15, -0.1) is 4.91 Å². The van der Waals surface area contributed by atoms with Gasteiger partial charge in [-0.2, -0.15) is 5.10 Å². The number of benzene rings is 2. The summed E-state index contributed by atoms with van der Waals surface area (Å²) in [7, 11) is 1.56. The number of aliphatic imine (C=N–C) groups is 1. The van der Waals surface area contributed by atoms with Gasteiger partial charge in [0.2, 0.25) is 6.17 Å². The zero-order valence-electron chi connectivity index (χ0n) is 13.5. The number of hydrazone groups is 1. The molecule has 0 spiro atoms. The summed E-state index contributed by atoms with van der Waals surface area (Å²) in [5.41, 5.74) is 3.16. The third kappa shape index (κ3) is 2.50. The fourth-order valence-corrected chi connectivity index (χ4v) is 3.04. The summed E-state index contributed by atoms with van der Waals surface area (Å²) in [4.78, 5) is 30.0. The largest absolute Gasteiger partial charge is 0.315 e. The van der Waals surface area contributed by atoms with Crippen molar-refractivity contribution in [3.63, 3.8) is 0 Å². The van der Waals surface area contributed by atoms with Crippen molar-refractivity contribution in [1.29, 1.82) is 0 Å². The first kappa shape index (κ1) is 15.2. The highest BCUT2D eigenvalue weighted by atomic mass is 16.3. The molecule has 124 valence electrons. The van der Waals surface area contributed by atoms with Gasteiger partial charge in [0, 0.05) is 18.2 Å². The van der Waals surface area contributed by atoms with Crippen LogP contribution < -0.4 is 4.90 Å². The summed E-state index contributed by atoms with van der Waals surface area (Å²) < 4.78 is 0. The molecule has 0 saturated carbocycles. The number of anilines is 1. The minimum absolute atomic E-state index is 0.0932. The van der Waals surface area contributed by atoms with Crippen LogP contribution in [0.25, 0.3) is 0 Å². The molecule has 0 bridgehead atoms. The van der Waals surface area contributed by atoms with Gasteiger partial charge in [-0.1, -0.05) is 48.5 Å². The Hall–Kier alpha value is -3.35. The van der Waals surface area contributed by atoms with E-state index in [1.165, 1.54) is 5.01 Å². The van der Waals surface area contributed by atoms with E-state index < -0.39 is 6.17 Å². The minimum atomic E-state index is -1.02. The molecule has 2 aromatic rings. The standard InChI is InChI=1S/C18H15N5O2/c1-22-15(24)11-23-14-10-6-5-9-13(14)16(12-7-3-2-4-8-12)19-17(21-25)18(23)20-22/h2-10,17H,11H2,1H3. The van der Waals surface area contributed by atoms with E-state index in [0.29, 0.717) is 11.5 Å². The molecule has 0 fully saturated rings. The quantitative estimate of drug-likeness (QED) is 0.791. The Bertz CT molecular complexity index is 907. The maximum Gasteiger partial charge on any atom is 0.262 e. The number of hydrogen-bond donors (Lipinski definition) is 0. The molecule has 1 atom stereocenters. The number of likely N-dealkylation sites (N-methyl/N-ethyl adjacent to an activating group) is 1. The first-order valence-electron chi connectivity index (χ1n) is 7.86. The lowest BCUT2D eigenvalue weighted by molar-refractivity contribution is -0.128. The van der Waals surface area contributed by atoms with Crippen molar-refractivity contribution in [3.8, 4) is 0 Å². The number of nitrogens with zero attached hydrogens (tertiary/aromatic N) is 5. The number of hydrogen-bond acceptors (Lipinski definition) is 6. The molecule has 7 heteroatoms. The molecule has 0 saturated heterocycles. The van der Waals surface area contributed by atoms with Gasteiger partial charge in [0.15, 0.2) is 5.84 Å². The number of rotatable bonds is 2. The zero-order valence-corrected chi connectivity index (χ0v) is 13.5. The number of amides is 1. The molecule has 0 N–H and O–H groups in total. The average Bonchev–Trinajstić information content (AvgIpc) is 2.78. The third-order valence-corrected chi connectivity index (χ3v) is 4.26. The molecule has 2 aromatic carbocycles. The van der Waals surface area contributed by atoms with Crippen LogP contribution in [0.15, 0.2) is 69.9 Å². The Balaban J connectivity index is 1.98. The fourth-order valence-electron chi connectivity index (χ4n) is 3.04. The van der Waals surface area contributed by atoms with E-state index in [1.54, 1.807) is 11.9 Å². The molecule has 1 amide bonds. The topological polar surface area (TPSA) is 77.7 Å². The van der Waals surface area contributed by atoms with Gasteiger partial charge in [0.05, 0.1) is 11.4 Å². The molecule has 2 heterocycles. The van der Waals surface area contributed by atoms with Crippen molar-refractivity contribution in [1.82, 2.24) is 5.01 Å². The Morgan fingerprint density at radius 3 is 2.56 bits per heavy atom. The average molecular weight is 333 g/mol. The molecule has 4 rings (SSSR count). The van der Waals surface area contributed by atoms with Crippen LogP contribution in [0.4, 0.5) is 5.69 Å². The number of carbonyl (C=O) groups is 1. The number of fused-ring (bicyclic) bond motifs is 3. The highest BCUT2D eigenvalue weighted by Crippen LogP contribution is 2.30. The summed E-state index contributed by atoms with van der Waals surface area (Å²) >= 11 is 0. The molecular formula is C18H15N5O2. The van der Waals surface area contributed by atoms with Gasteiger partial charge < -0.3 is 4.90 Å². The molecule has 0 aliphatic carbocycles. The van der Waals surface area contributed by atoms with E-state index in [1.807, 2.05) is 54.6 Å². The summed E-state index contributed by atoms with van der Waals surface area (Å²) in [6.07, 6.45) is -1.02. The van der Waals surface area contributed by atoms with E-state index in [0.717, 1.165) is 16.8 Å². The van der Waals surface area contributed by atoms with Gasteiger partial charge in [0.25, 0.3) is 5.91 Å². The Morgan fingerprint density at radius 1 is 1.08 bits per heavy atom. The molecule has 25 heavy (non-hydrogen) atoms. The smallest absolute Gasteiger partial charge is 0.262 e. The lowest BCUT2D eigenvalue weighted by Gasteiger charge is -2.32. The van der Waals surface area contributed by atoms with Crippen LogP contribution in [0, 0.1) is 4.91 Å². The molecule has 7 nitrogen and oxygen atoms in total. The Kier molecular flexibility index (Phi) is 3.61. The van der Waals surface area contributed by atoms with Gasteiger partial charge >= 0.3 is 0 Å². The molecule has 0 radical (unpaired) electrons. The van der Waals surface area contributed by atoms with Crippen molar-refractivity contribution in [3.05, 3.63) is 70.6 Å². The molecule has 2 aliphatic heterocycles. The first-order chi connectivity index (χ1) is 12.2. The fraction of sp³-hybridized carbons (Fsp3) is 0.167. The van der Waals surface area contributed by atoms with Crippen LogP contribution in [0.5, 0.6) is 0 Å². The Labute approximate surface area is 144 Å². The first-order valence-corrected chi connectivity index (χ1v) is 7.86. The van der Waals surface area contributed by atoms with Gasteiger partial charge in [-0.3, -0.25) is 4.79 Å². The predicted octanol–water partition coefficient (Wildman–Crippen LogP) is 2.22. The molecule has 0 aromatic heterocycles. The van der Waals surface area contributed by atoms with Crippen LogP contribution in [0.3, 0.4) is 0 Å². The van der Waals surface area contributed by atoms with Crippen LogP contribution in [-0.4, -0.2) is 42.2 Å². The highest BCUT2D eigenvalue weighted by Gasteiger charge is 2.36. The Morgan fingerprint density at radius 2 is 1.80 bits per heavy atom. The minimum Gasteiger partial charge on any atom is -0.315 e. The van der Waals surface area contributed by atoms with Crippen LogP contribution in [0.1, 0.15) is 11.1 Å². The summed E-state index contributed by atoms with van der Waals surface area (Å²) in [6.45, 7) is 0.0932. The molecular weight excluding hydrogens is 318 g/mol. The maximum atomic E-state index is 12.1. The molecule has 1 unspecified atom stereocenters. The van der Waals surface area contributed by atoms with Crippen molar-refractivity contribution < 1.29 is 4.79 Å². The van der Waals surface area contributed by atoms with Crippen molar-refractivity contribution in [2.45, 2.75) is 6.17 Å². The SMILES string of the molecule is CN1N=C2C(N=O)N=C(c3ccccc3)c3ccccc3N2CC1=O. The summed E-state index contributed by atoms with van der Waals surface area (Å²) in [5.74, 6) is 0.196. The van der Waals surface area contributed by atoms with Gasteiger partial charge in [-0.25, -0.2) is 10.0 Å². The van der Waals surface area contributed by atoms with Gasteiger partial charge in [0.1, 0.15) is 6.54 Å². The zero-order chi connectivity index (χ0) is 17.4. The van der Waals surface area contributed by atoms with Crippen molar-refractivity contribution in [2.75, 3.05) is 18.5 Å². The van der Waals surface area contributed by atoms with E-state index in [4.69, 9.17) is 0 Å². The maximum absolute atomic E-state index is 12.1. The van der Waals surface area contributed by atoms with Crippen molar-refractivity contribution in [2.24, 2.45) is 15.3 Å². The van der Waals surface area contributed by atoms with E-state index in [2.05, 4.69) is 15.3 Å². The predicted molar refractivity (Wildman–Crippen MR) is 95.7 cm³/mol. The second-order valence-electron chi connectivity index (χ2n) is 5.80. The normalized spacial score (nSPS) is 19.4. The number of amidine groups is 1. The monoisotopic (exact) mass is 333 g/mol. The number of carbonyl (C=O) groups excluding carboxylic acids is 1. The lowest BCUT2D eigenvalue weighted by atomic mass is 10.0. The van der Waals surface area contributed by atoms with Crippen molar-refractivity contribution >= 4 is 23.1 Å². The van der Waals surface area contributed by atoms with Gasteiger partial charge in [-0.05, 0) is 11.2 Å². The molecule has 2 aliphatic rings. The van der Waals surface area contributed by atoms with Crippen LogP contribution in [-0.2, 0) is 4.79 Å². The second-order valence-corrected chi connectivity index (χ2v) is 5.80. The van der Waals surface area contributed by atoms with Crippen LogP contribution >= 0.6 is 0 Å². The van der Waals surface area contributed by atoms with E-state index in [9.17, 15) is 9.70 Å². The highest BCUT2D eigenvalue weighted by molar-refractivity contribution is 6.21. The van der Waals surface area contributed by atoms with Crippen LogP contribution in [0.2, 0.25) is 0 Å². The summed E-state index contributed by atoms with van der Waals surface area (Å²) in [6, 6.07) is 17.2. The number of nitroso groups, excluding NO2 is 1. The van der Waals surface area contributed by atoms with E-state index >= 15 is 0 Å². The third-order valence-electron chi connectivity index (χ3n) is 4.26. The second kappa shape index (κ2) is 5.94. The summed E-state index contributed by atoms with van der Waals surface area (Å²) in [5, 5.41) is 8.64. The lowest BCUT2D eigenvalue weighted by Crippen LogP contribution is -2.49. The van der Waals surface area contributed by atoms with E-state index in [-0.39, 0.29) is 12.5 Å².